The number of anilines is 1. The van der Waals surface area contributed by atoms with Crippen LogP contribution >= 0.6 is 11.6 Å². The van der Waals surface area contributed by atoms with E-state index in [0.29, 0.717) is 18.8 Å². The average Bonchev–Trinajstić information content (AvgIpc) is 2.81. The van der Waals surface area contributed by atoms with Crippen molar-refractivity contribution in [2.75, 3.05) is 11.9 Å². The van der Waals surface area contributed by atoms with Crippen LogP contribution < -0.4 is 11.1 Å². The Morgan fingerprint density at radius 1 is 1.56 bits per heavy atom. The molecule has 0 atom stereocenters. The summed E-state index contributed by atoms with van der Waals surface area (Å²) in [5.41, 5.74) is 6.00. The zero-order chi connectivity index (χ0) is 13.0. The normalized spacial score (nSPS) is 10.3. The Kier molecular flexibility index (Phi) is 3.85. The van der Waals surface area contributed by atoms with Gasteiger partial charge in [-0.1, -0.05) is 16.8 Å². The van der Waals surface area contributed by atoms with Crippen molar-refractivity contribution in [1.29, 1.82) is 0 Å². The molecule has 0 unspecified atom stereocenters. The molecule has 2 rings (SSSR count). The van der Waals surface area contributed by atoms with Gasteiger partial charge in [-0.2, -0.15) is 0 Å². The molecule has 18 heavy (non-hydrogen) atoms. The summed E-state index contributed by atoms with van der Waals surface area (Å²) >= 11 is 5.83. The SMILES string of the molecule is NCCn1cc(C(=O)Nc2cccnc2Cl)nn1. The van der Waals surface area contributed by atoms with Crippen LogP contribution in [0, 0.1) is 0 Å². The first kappa shape index (κ1) is 12.5. The van der Waals surface area contributed by atoms with E-state index in [1.807, 2.05) is 0 Å². The van der Waals surface area contributed by atoms with Gasteiger partial charge in [0.15, 0.2) is 10.8 Å². The van der Waals surface area contributed by atoms with Gasteiger partial charge in [-0.25, -0.2) is 4.98 Å². The van der Waals surface area contributed by atoms with Crippen molar-refractivity contribution in [2.45, 2.75) is 6.54 Å². The van der Waals surface area contributed by atoms with Crippen molar-refractivity contribution >= 4 is 23.2 Å². The van der Waals surface area contributed by atoms with Crippen molar-refractivity contribution in [3.8, 4) is 0 Å². The molecule has 8 heteroatoms. The Morgan fingerprint density at radius 3 is 3.11 bits per heavy atom. The van der Waals surface area contributed by atoms with E-state index in [-0.39, 0.29) is 10.8 Å². The summed E-state index contributed by atoms with van der Waals surface area (Å²) < 4.78 is 1.50. The Hall–Kier alpha value is -1.99. The fraction of sp³-hybridized carbons (Fsp3) is 0.200. The molecule has 3 N–H and O–H groups in total. The lowest BCUT2D eigenvalue weighted by Gasteiger charge is -2.03. The number of halogens is 1. The zero-order valence-corrected chi connectivity index (χ0v) is 10.1. The standard InChI is InChI=1S/C10H11ClN6O/c11-9-7(2-1-4-13-9)14-10(18)8-6-17(5-3-12)16-15-8/h1-2,4,6H,3,5,12H2,(H,14,18). The number of nitrogens with two attached hydrogens (primary N) is 1. The van der Waals surface area contributed by atoms with Crippen LogP contribution in [0.25, 0.3) is 0 Å². The highest BCUT2D eigenvalue weighted by atomic mass is 35.5. The van der Waals surface area contributed by atoms with Crippen LogP contribution in [0.3, 0.4) is 0 Å². The number of nitrogens with one attached hydrogen (secondary N) is 1. The summed E-state index contributed by atoms with van der Waals surface area (Å²) in [6.45, 7) is 0.937. The molecule has 0 aliphatic rings. The first-order valence-corrected chi connectivity index (χ1v) is 5.60. The molecule has 0 radical (unpaired) electrons. The molecule has 0 fully saturated rings. The van der Waals surface area contributed by atoms with E-state index in [4.69, 9.17) is 17.3 Å². The first-order valence-electron chi connectivity index (χ1n) is 5.23. The Morgan fingerprint density at radius 2 is 2.39 bits per heavy atom. The van der Waals surface area contributed by atoms with Crippen molar-refractivity contribution in [3.05, 3.63) is 35.4 Å². The third-order valence-electron chi connectivity index (χ3n) is 2.14. The van der Waals surface area contributed by atoms with Gasteiger partial charge in [0.2, 0.25) is 0 Å². The molecule has 0 spiro atoms. The minimum Gasteiger partial charge on any atom is -0.329 e. The minimum atomic E-state index is -0.395. The summed E-state index contributed by atoms with van der Waals surface area (Å²) in [5.74, 6) is -0.395. The van der Waals surface area contributed by atoms with Gasteiger partial charge in [-0.3, -0.25) is 9.48 Å². The first-order chi connectivity index (χ1) is 8.70. The summed E-state index contributed by atoms with van der Waals surface area (Å²) in [6.07, 6.45) is 3.06. The number of carbonyl (C=O) groups is 1. The van der Waals surface area contributed by atoms with Gasteiger partial charge in [0.05, 0.1) is 18.4 Å². The molecule has 0 aliphatic heterocycles. The molecule has 0 saturated carbocycles. The van der Waals surface area contributed by atoms with Gasteiger partial charge in [-0.05, 0) is 12.1 Å². The van der Waals surface area contributed by atoms with Crippen LogP contribution in [0.1, 0.15) is 10.5 Å². The molecule has 94 valence electrons. The van der Waals surface area contributed by atoms with Crippen LogP contribution in [0.15, 0.2) is 24.5 Å². The number of rotatable bonds is 4. The van der Waals surface area contributed by atoms with Gasteiger partial charge >= 0.3 is 0 Å². The van der Waals surface area contributed by atoms with E-state index in [0.717, 1.165) is 0 Å². The number of hydrogen-bond acceptors (Lipinski definition) is 5. The molecule has 1 amide bonds. The minimum absolute atomic E-state index is 0.198. The summed E-state index contributed by atoms with van der Waals surface area (Å²) in [5, 5.41) is 10.3. The van der Waals surface area contributed by atoms with Crippen LogP contribution in [0.4, 0.5) is 5.69 Å². The van der Waals surface area contributed by atoms with Crippen molar-refractivity contribution in [3.63, 3.8) is 0 Å². The molecule has 0 aromatic carbocycles. The maximum Gasteiger partial charge on any atom is 0.277 e. The number of hydrogen-bond donors (Lipinski definition) is 2. The third kappa shape index (κ3) is 2.82. The molecular formula is C10H11ClN6O. The summed E-state index contributed by atoms with van der Waals surface area (Å²) in [6, 6.07) is 3.32. The highest BCUT2D eigenvalue weighted by Gasteiger charge is 2.12. The van der Waals surface area contributed by atoms with Crippen molar-refractivity contribution < 1.29 is 4.79 Å². The van der Waals surface area contributed by atoms with Crippen molar-refractivity contribution in [1.82, 2.24) is 20.0 Å². The molecule has 7 nitrogen and oxygen atoms in total. The van der Waals surface area contributed by atoms with Crippen LogP contribution in [-0.4, -0.2) is 32.4 Å². The summed E-state index contributed by atoms with van der Waals surface area (Å²) in [4.78, 5) is 15.7. The van der Waals surface area contributed by atoms with Crippen LogP contribution in [0.2, 0.25) is 5.15 Å². The van der Waals surface area contributed by atoms with Crippen LogP contribution in [0.5, 0.6) is 0 Å². The number of amides is 1. The van der Waals surface area contributed by atoms with E-state index in [1.54, 1.807) is 12.1 Å². The smallest absolute Gasteiger partial charge is 0.277 e. The topological polar surface area (TPSA) is 98.7 Å². The molecule has 0 saturated heterocycles. The predicted molar refractivity (Wildman–Crippen MR) is 66.3 cm³/mol. The molecule has 2 heterocycles. The Balaban J connectivity index is 2.10. The molecule has 0 aliphatic carbocycles. The van der Waals surface area contributed by atoms with Gasteiger partial charge in [0.1, 0.15) is 0 Å². The lowest BCUT2D eigenvalue weighted by atomic mass is 10.4. The van der Waals surface area contributed by atoms with Crippen LogP contribution in [-0.2, 0) is 6.54 Å². The van der Waals surface area contributed by atoms with Gasteiger partial charge < -0.3 is 11.1 Å². The second-order valence-corrected chi connectivity index (χ2v) is 3.81. The number of carbonyl (C=O) groups excluding carboxylic acids is 1. The number of aromatic nitrogens is 4. The molecule has 2 aromatic rings. The monoisotopic (exact) mass is 266 g/mol. The fourth-order valence-electron chi connectivity index (χ4n) is 1.31. The Bertz CT molecular complexity index is 555. The van der Waals surface area contributed by atoms with E-state index in [1.165, 1.54) is 17.1 Å². The van der Waals surface area contributed by atoms with E-state index in [2.05, 4.69) is 20.6 Å². The fourth-order valence-corrected chi connectivity index (χ4v) is 1.48. The highest BCUT2D eigenvalue weighted by Crippen LogP contribution is 2.17. The maximum atomic E-state index is 11.8. The quantitative estimate of drug-likeness (QED) is 0.787. The van der Waals surface area contributed by atoms with E-state index < -0.39 is 5.91 Å². The summed E-state index contributed by atoms with van der Waals surface area (Å²) in [7, 11) is 0. The molecule has 0 bridgehead atoms. The second-order valence-electron chi connectivity index (χ2n) is 3.45. The van der Waals surface area contributed by atoms with E-state index in [9.17, 15) is 4.79 Å². The number of nitrogens with zero attached hydrogens (tertiary/aromatic N) is 4. The third-order valence-corrected chi connectivity index (χ3v) is 2.44. The average molecular weight is 267 g/mol. The lowest BCUT2D eigenvalue weighted by molar-refractivity contribution is 0.102. The second kappa shape index (κ2) is 5.56. The van der Waals surface area contributed by atoms with Gasteiger partial charge in [-0.15, -0.1) is 5.10 Å². The zero-order valence-electron chi connectivity index (χ0n) is 9.38. The predicted octanol–water partition coefficient (Wildman–Crippen LogP) is 0.537. The number of pyridine rings is 1. The molecule has 2 aromatic heterocycles. The van der Waals surface area contributed by atoms with Crippen molar-refractivity contribution in [2.24, 2.45) is 5.73 Å². The van der Waals surface area contributed by atoms with E-state index >= 15 is 0 Å². The lowest BCUT2D eigenvalue weighted by Crippen LogP contribution is -2.13. The maximum absolute atomic E-state index is 11.8. The highest BCUT2D eigenvalue weighted by molar-refractivity contribution is 6.32. The van der Waals surface area contributed by atoms with Gasteiger partial charge in [0, 0.05) is 12.7 Å². The Labute approximate surface area is 108 Å². The molecular weight excluding hydrogens is 256 g/mol. The largest absolute Gasteiger partial charge is 0.329 e. The van der Waals surface area contributed by atoms with Gasteiger partial charge in [0.25, 0.3) is 5.91 Å².